The summed E-state index contributed by atoms with van der Waals surface area (Å²) < 4.78 is 5.40. The van der Waals surface area contributed by atoms with Gasteiger partial charge in [-0.05, 0) is 42.3 Å². The van der Waals surface area contributed by atoms with E-state index in [9.17, 15) is 4.79 Å². The van der Waals surface area contributed by atoms with E-state index in [1.165, 1.54) is 6.08 Å². The zero-order chi connectivity index (χ0) is 17.6. The maximum Gasteiger partial charge on any atom is 0.248 e. The number of morpholine rings is 1. The Kier molecular flexibility index (Phi) is 5.74. The van der Waals surface area contributed by atoms with Crippen LogP contribution in [0.15, 0.2) is 48.5 Å². The molecule has 1 N–H and O–H groups in total. The number of hydrogen-bond acceptors (Lipinski definition) is 3. The summed E-state index contributed by atoms with van der Waals surface area (Å²) in [6.45, 7) is 5.01. The Bertz CT molecular complexity index is 783. The number of nitrogens with one attached hydrogen (secondary N) is 1. The van der Waals surface area contributed by atoms with E-state index in [1.807, 2.05) is 49.4 Å². The minimum absolute atomic E-state index is 0.169. The molecule has 0 aliphatic carbocycles. The van der Waals surface area contributed by atoms with Crippen LogP contribution in [-0.2, 0) is 9.53 Å². The minimum Gasteiger partial charge on any atom is -0.378 e. The number of benzene rings is 2. The van der Waals surface area contributed by atoms with Crippen molar-refractivity contribution in [1.29, 1.82) is 0 Å². The highest BCUT2D eigenvalue weighted by Gasteiger charge is 2.15. The number of nitrogens with zero attached hydrogens (tertiary/aromatic N) is 1. The molecule has 2 aromatic carbocycles. The first kappa shape index (κ1) is 17.5. The average molecular weight is 357 g/mol. The Hall–Kier alpha value is -2.30. The van der Waals surface area contributed by atoms with Gasteiger partial charge in [-0.25, -0.2) is 0 Å². The molecule has 1 aliphatic heterocycles. The molecular formula is C20H21ClN2O2. The lowest BCUT2D eigenvalue weighted by molar-refractivity contribution is -0.111. The summed E-state index contributed by atoms with van der Waals surface area (Å²) in [7, 11) is 0. The number of anilines is 2. The highest BCUT2D eigenvalue weighted by molar-refractivity contribution is 6.31. The van der Waals surface area contributed by atoms with Crippen LogP contribution in [0.1, 0.15) is 11.1 Å². The van der Waals surface area contributed by atoms with Gasteiger partial charge in [0.25, 0.3) is 0 Å². The van der Waals surface area contributed by atoms with Gasteiger partial charge in [0.15, 0.2) is 0 Å². The van der Waals surface area contributed by atoms with Crippen LogP contribution in [0.5, 0.6) is 0 Å². The fraction of sp³-hybridized carbons (Fsp3) is 0.250. The van der Waals surface area contributed by atoms with Crippen molar-refractivity contribution >= 4 is 35.0 Å². The Morgan fingerprint density at radius 1 is 1.20 bits per heavy atom. The number of ether oxygens (including phenoxy) is 1. The summed E-state index contributed by atoms with van der Waals surface area (Å²) in [6, 6.07) is 13.6. The number of aryl methyl sites for hydroxylation is 1. The van der Waals surface area contributed by atoms with Crippen molar-refractivity contribution in [3.05, 3.63) is 64.7 Å². The van der Waals surface area contributed by atoms with Gasteiger partial charge in [0.1, 0.15) is 0 Å². The van der Waals surface area contributed by atoms with Gasteiger partial charge in [-0.3, -0.25) is 4.79 Å². The van der Waals surface area contributed by atoms with Gasteiger partial charge in [0, 0.05) is 24.2 Å². The zero-order valence-corrected chi connectivity index (χ0v) is 14.9. The quantitative estimate of drug-likeness (QED) is 0.837. The molecule has 4 nitrogen and oxygen atoms in total. The third-order valence-electron chi connectivity index (χ3n) is 4.14. The monoisotopic (exact) mass is 356 g/mol. The summed E-state index contributed by atoms with van der Waals surface area (Å²) >= 11 is 6.12. The summed E-state index contributed by atoms with van der Waals surface area (Å²) in [5.41, 5.74) is 3.74. The van der Waals surface area contributed by atoms with Gasteiger partial charge < -0.3 is 15.0 Å². The molecule has 1 aliphatic rings. The average Bonchev–Trinajstić information content (AvgIpc) is 2.64. The second-order valence-corrected chi connectivity index (χ2v) is 6.35. The molecule has 5 heteroatoms. The molecule has 0 unspecified atom stereocenters. The first-order chi connectivity index (χ1) is 12.1. The van der Waals surface area contributed by atoms with Crippen molar-refractivity contribution in [2.75, 3.05) is 36.5 Å². The predicted octanol–water partition coefficient (Wildman–Crippen LogP) is 4.14. The van der Waals surface area contributed by atoms with E-state index in [0.717, 1.165) is 35.6 Å². The molecule has 0 aromatic heterocycles. The highest BCUT2D eigenvalue weighted by Crippen LogP contribution is 2.26. The number of carbonyl (C=O) groups excluding carboxylic acids is 1. The number of para-hydroxylation sites is 2. The van der Waals surface area contributed by atoms with Crippen molar-refractivity contribution in [1.82, 2.24) is 0 Å². The van der Waals surface area contributed by atoms with Crippen LogP contribution in [0.25, 0.3) is 6.08 Å². The fourth-order valence-electron chi connectivity index (χ4n) is 2.72. The molecule has 0 bridgehead atoms. The second kappa shape index (κ2) is 8.19. The summed E-state index contributed by atoms with van der Waals surface area (Å²) in [4.78, 5) is 14.5. The lowest BCUT2D eigenvalue weighted by atomic mass is 10.1. The summed E-state index contributed by atoms with van der Waals surface area (Å²) in [5.74, 6) is -0.169. The van der Waals surface area contributed by atoms with Crippen molar-refractivity contribution in [3.63, 3.8) is 0 Å². The number of hydrogen-bond donors (Lipinski definition) is 1. The minimum atomic E-state index is -0.169. The van der Waals surface area contributed by atoms with Crippen molar-refractivity contribution in [2.24, 2.45) is 0 Å². The maximum atomic E-state index is 12.3. The van der Waals surface area contributed by atoms with Gasteiger partial charge in [-0.1, -0.05) is 35.9 Å². The Morgan fingerprint density at radius 2 is 1.96 bits per heavy atom. The van der Waals surface area contributed by atoms with Gasteiger partial charge in [-0.2, -0.15) is 0 Å². The van der Waals surface area contributed by atoms with E-state index < -0.39 is 0 Å². The van der Waals surface area contributed by atoms with Crippen LogP contribution in [0.4, 0.5) is 11.4 Å². The Labute approximate surface area is 153 Å². The van der Waals surface area contributed by atoms with Crippen molar-refractivity contribution in [2.45, 2.75) is 6.92 Å². The van der Waals surface area contributed by atoms with E-state index in [0.29, 0.717) is 18.2 Å². The van der Waals surface area contributed by atoms with E-state index in [2.05, 4.69) is 10.2 Å². The number of carbonyl (C=O) groups is 1. The Balaban J connectivity index is 1.70. The SMILES string of the molecule is Cc1ccc(/C=C/C(=O)Nc2ccccc2N2CCOCC2)cc1Cl. The van der Waals surface area contributed by atoms with Gasteiger partial charge in [-0.15, -0.1) is 0 Å². The third kappa shape index (κ3) is 4.62. The van der Waals surface area contributed by atoms with Crippen molar-refractivity contribution < 1.29 is 9.53 Å². The molecule has 0 radical (unpaired) electrons. The molecule has 25 heavy (non-hydrogen) atoms. The largest absolute Gasteiger partial charge is 0.378 e. The fourth-order valence-corrected chi connectivity index (χ4v) is 2.91. The number of amides is 1. The predicted molar refractivity (Wildman–Crippen MR) is 103 cm³/mol. The molecule has 0 spiro atoms. The van der Waals surface area contributed by atoms with E-state index in [-0.39, 0.29) is 5.91 Å². The Morgan fingerprint density at radius 3 is 2.72 bits per heavy atom. The maximum absolute atomic E-state index is 12.3. The number of rotatable bonds is 4. The summed E-state index contributed by atoms with van der Waals surface area (Å²) in [6.07, 6.45) is 3.29. The molecule has 130 valence electrons. The van der Waals surface area contributed by atoms with Gasteiger partial charge >= 0.3 is 0 Å². The standard InChI is InChI=1S/C20H21ClN2O2/c1-15-6-7-16(14-17(15)21)8-9-20(24)22-18-4-2-3-5-19(18)23-10-12-25-13-11-23/h2-9,14H,10-13H2,1H3,(H,22,24)/b9-8+. The number of halogens is 1. The van der Waals surface area contributed by atoms with Crippen LogP contribution in [0.2, 0.25) is 5.02 Å². The highest BCUT2D eigenvalue weighted by atomic mass is 35.5. The molecule has 0 saturated carbocycles. The lowest BCUT2D eigenvalue weighted by Gasteiger charge is -2.30. The molecule has 1 fully saturated rings. The van der Waals surface area contributed by atoms with E-state index in [4.69, 9.17) is 16.3 Å². The topological polar surface area (TPSA) is 41.6 Å². The third-order valence-corrected chi connectivity index (χ3v) is 4.54. The van der Waals surface area contributed by atoms with Gasteiger partial charge in [0.05, 0.1) is 24.6 Å². The molecule has 1 amide bonds. The van der Waals surface area contributed by atoms with Crippen LogP contribution >= 0.6 is 11.6 Å². The van der Waals surface area contributed by atoms with E-state index >= 15 is 0 Å². The molecule has 3 rings (SSSR count). The first-order valence-corrected chi connectivity index (χ1v) is 8.68. The second-order valence-electron chi connectivity index (χ2n) is 5.95. The zero-order valence-electron chi connectivity index (χ0n) is 14.2. The molecule has 1 heterocycles. The lowest BCUT2D eigenvalue weighted by Crippen LogP contribution is -2.36. The molecule has 1 saturated heterocycles. The van der Waals surface area contributed by atoms with Crippen LogP contribution in [-0.4, -0.2) is 32.2 Å². The van der Waals surface area contributed by atoms with Crippen LogP contribution in [0, 0.1) is 6.92 Å². The molecule has 2 aromatic rings. The van der Waals surface area contributed by atoms with E-state index in [1.54, 1.807) is 6.08 Å². The first-order valence-electron chi connectivity index (χ1n) is 8.30. The van der Waals surface area contributed by atoms with Crippen molar-refractivity contribution in [3.8, 4) is 0 Å². The molecule has 0 atom stereocenters. The van der Waals surface area contributed by atoms with Crippen LogP contribution < -0.4 is 10.2 Å². The van der Waals surface area contributed by atoms with Crippen LogP contribution in [0.3, 0.4) is 0 Å². The summed E-state index contributed by atoms with van der Waals surface area (Å²) in [5, 5.41) is 3.66. The normalized spacial score (nSPS) is 14.7. The smallest absolute Gasteiger partial charge is 0.248 e. The molecular weight excluding hydrogens is 336 g/mol. The van der Waals surface area contributed by atoms with Gasteiger partial charge in [0.2, 0.25) is 5.91 Å².